The van der Waals surface area contributed by atoms with Gasteiger partial charge in [0.1, 0.15) is 5.15 Å². The Labute approximate surface area is 87.3 Å². The summed E-state index contributed by atoms with van der Waals surface area (Å²) in [7, 11) is 0. The molecule has 0 radical (unpaired) electrons. The molecule has 2 aromatic heterocycles. The van der Waals surface area contributed by atoms with Crippen LogP contribution in [-0.4, -0.2) is 14.8 Å². The molecule has 2 aromatic rings. The van der Waals surface area contributed by atoms with E-state index in [1.165, 1.54) is 0 Å². The third-order valence-corrected chi connectivity index (χ3v) is 2.43. The first-order valence-electron chi connectivity index (χ1n) is 4.35. The molecule has 0 aliphatic heterocycles. The average molecular weight is 208 g/mol. The molecule has 0 saturated heterocycles. The minimum absolute atomic E-state index is 0.544. The van der Waals surface area contributed by atoms with Gasteiger partial charge in [0.25, 0.3) is 0 Å². The van der Waals surface area contributed by atoms with Crippen LogP contribution in [0, 0.1) is 6.92 Å². The van der Waals surface area contributed by atoms with Crippen molar-refractivity contribution in [1.29, 1.82) is 0 Å². The molecule has 0 aliphatic carbocycles. The molecule has 72 valence electrons. The molecule has 0 aromatic carbocycles. The fraction of sp³-hybridized carbons (Fsp3) is 0.200. The molecule has 0 N–H and O–H groups in total. The van der Waals surface area contributed by atoms with E-state index in [0.717, 1.165) is 11.3 Å². The summed E-state index contributed by atoms with van der Waals surface area (Å²) >= 11 is 5.94. The Morgan fingerprint density at radius 2 is 2.21 bits per heavy atom. The van der Waals surface area contributed by atoms with E-state index in [2.05, 4.69) is 10.1 Å². The number of pyridine rings is 1. The van der Waals surface area contributed by atoms with Gasteiger partial charge in [0.2, 0.25) is 0 Å². The van der Waals surface area contributed by atoms with Crippen LogP contribution in [0.4, 0.5) is 0 Å². The van der Waals surface area contributed by atoms with Crippen LogP contribution in [0.25, 0.3) is 0 Å². The summed E-state index contributed by atoms with van der Waals surface area (Å²) in [6, 6.07) is 5.79. The Kier molecular flexibility index (Phi) is 2.50. The van der Waals surface area contributed by atoms with Gasteiger partial charge in [0.15, 0.2) is 0 Å². The van der Waals surface area contributed by atoms with Crippen LogP contribution in [-0.2, 0) is 6.54 Å². The van der Waals surface area contributed by atoms with E-state index in [1.54, 1.807) is 12.4 Å². The van der Waals surface area contributed by atoms with Crippen molar-refractivity contribution in [3.8, 4) is 0 Å². The molecule has 0 bridgehead atoms. The van der Waals surface area contributed by atoms with Gasteiger partial charge in [-0.25, -0.2) is 4.98 Å². The molecule has 3 nitrogen and oxygen atoms in total. The van der Waals surface area contributed by atoms with Crippen molar-refractivity contribution in [2.24, 2.45) is 0 Å². The minimum atomic E-state index is 0.544. The highest BCUT2D eigenvalue weighted by molar-refractivity contribution is 6.30. The first-order valence-corrected chi connectivity index (χ1v) is 4.73. The van der Waals surface area contributed by atoms with E-state index in [-0.39, 0.29) is 0 Å². The number of hydrogen-bond acceptors (Lipinski definition) is 2. The molecule has 0 saturated carbocycles. The maximum absolute atomic E-state index is 5.94. The Bertz CT molecular complexity index is 436. The topological polar surface area (TPSA) is 30.7 Å². The van der Waals surface area contributed by atoms with E-state index in [0.29, 0.717) is 11.7 Å². The van der Waals surface area contributed by atoms with E-state index >= 15 is 0 Å². The zero-order valence-electron chi connectivity index (χ0n) is 7.81. The zero-order chi connectivity index (χ0) is 9.97. The maximum atomic E-state index is 5.94. The lowest BCUT2D eigenvalue weighted by atomic mass is 10.3. The largest absolute Gasteiger partial charge is 0.265 e. The maximum Gasteiger partial charge on any atom is 0.134 e. The fourth-order valence-electron chi connectivity index (χ4n) is 1.26. The number of aromatic nitrogens is 3. The van der Waals surface area contributed by atoms with E-state index < -0.39 is 0 Å². The van der Waals surface area contributed by atoms with Gasteiger partial charge < -0.3 is 0 Å². The van der Waals surface area contributed by atoms with Crippen LogP contribution in [0.2, 0.25) is 5.15 Å². The second kappa shape index (κ2) is 3.80. The smallest absolute Gasteiger partial charge is 0.134 e. The highest BCUT2D eigenvalue weighted by atomic mass is 35.5. The summed E-state index contributed by atoms with van der Waals surface area (Å²) in [5.41, 5.74) is 2.10. The highest BCUT2D eigenvalue weighted by Crippen LogP contribution is 2.13. The van der Waals surface area contributed by atoms with Crippen LogP contribution in [0.5, 0.6) is 0 Å². The molecule has 14 heavy (non-hydrogen) atoms. The molecule has 2 rings (SSSR count). The number of nitrogens with zero attached hydrogens (tertiary/aromatic N) is 3. The van der Waals surface area contributed by atoms with E-state index in [4.69, 9.17) is 11.6 Å². The third kappa shape index (κ3) is 1.77. The monoisotopic (exact) mass is 207 g/mol. The minimum Gasteiger partial charge on any atom is -0.265 e. The van der Waals surface area contributed by atoms with Crippen LogP contribution in [0.15, 0.2) is 30.6 Å². The van der Waals surface area contributed by atoms with Gasteiger partial charge in [0.05, 0.1) is 6.54 Å². The van der Waals surface area contributed by atoms with Crippen LogP contribution < -0.4 is 0 Å². The van der Waals surface area contributed by atoms with Gasteiger partial charge in [-0.3, -0.25) is 4.68 Å². The fourth-order valence-corrected chi connectivity index (χ4v) is 1.44. The molecular formula is C10H10ClN3. The SMILES string of the molecule is Cc1ccnn1Cc1cccnc1Cl. The van der Waals surface area contributed by atoms with E-state index in [9.17, 15) is 0 Å². The molecule has 0 fully saturated rings. The number of halogens is 1. The van der Waals surface area contributed by atoms with Crippen molar-refractivity contribution in [2.45, 2.75) is 13.5 Å². The lowest BCUT2D eigenvalue weighted by molar-refractivity contribution is 0.663. The first kappa shape index (κ1) is 9.21. The Morgan fingerprint density at radius 1 is 1.36 bits per heavy atom. The van der Waals surface area contributed by atoms with Crippen molar-refractivity contribution < 1.29 is 0 Å². The normalized spacial score (nSPS) is 10.4. The third-order valence-electron chi connectivity index (χ3n) is 2.09. The van der Waals surface area contributed by atoms with Gasteiger partial charge in [-0.15, -0.1) is 0 Å². The van der Waals surface area contributed by atoms with Crippen molar-refractivity contribution in [2.75, 3.05) is 0 Å². The molecule has 0 atom stereocenters. The van der Waals surface area contributed by atoms with Crippen LogP contribution >= 0.6 is 11.6 Å². The van der Waals surface area contributed by atoms with Crippen LogP contribution in [0.1, 0.15) is 11.3 Å². The summed E-state index contributed by atoms with van der Waals surface area (Å²) in [5, 5.41) is 4.73. The van der Waals surface area contributed by atoms with Crippen molar-refractivity contribution >= 4 is 11.6 Å². The molecular weight excluding hydrogens is 198 g/mol. The van der Waals surface area contributed by atoms with Gasteiger partial charge in [0, 0.05) is 23.7 Å². The zero-order valence-corrected chi connectivity index (χ0v) is 8.57. The van der Waals surface area contributed by atoms with Crippen molar-refractivity contribution in [1.82, 2.24) is 14.8 Å². The van der Waals surface area contributed by atoms with E-state index in [1.807, 2.05) is 29.8 Å². The van der Waals surface area contributed by atoms with Crippen molar-refractivity contribution in [3.63, 3.8) is 0 Å². The van der Waals surface area contributed by atoms with Gasteiger partial charge in [-0.1, -0.05) is 17.7 Å². The Morgan fingerprint density at radius 3 is 2.86 bits per heavy atom. The Balaban J connectivity index is 2.28. The summed E-state index contributed by atoms with van der Waals surface area (Å²) < 4.78 is 1.89. The summed E-state index contributed by atoms with van der Waals surface area (Å²) in [6.07, 6.45) is 3.46. The summed E-state index contributed by atoms with van der Waals surface area (Å²) in [4.78, 5) is 4.01. The van der Waals surface area contributed by atoms with Gasteiger partial charge >= 0.3 is 0 Å². The first-order chi connectivity index (χ1) is 6.77. The van der Waals surface area contributed by atoms with Gasteiger partial charge in [-0.05, 0) is 19.1 Å². The number of aryl methyl sites for hydroxylation is 1. The van der Waals surface area contributed by atoms with Crippen LogP contribution in [0.3, 0.4) is 0 Å². The lowest BCUT2D eigenvalue weighted by Gasteiger charge is -2.05. The predicted octanol–water partition coefficient (Wildman–Crippen LogP) is 2.29. The standard InChI is InChI=1S/C10H10ClN3/c1-8-4-6-13-14(8)7-9-3-2-5-12-10(9)11/h2-6H,7H2,1H3. The Hall–Kier alpha value is -1.35. The molecule has 4 heteroatoms. The molecule has 2 heterocycles. The molecule has 0 amide bonds. The lowest BCUT2D eigenvalue weighted by Crippen LogP contribution is -2.04. The molecule has 0 aliphatic rings. The highest BCUT2D eigenvalue weighted by Gasteiger charge is 2.03. The average Bonchev–Trinajstić information content (AvgIpc) is 2.56. The van der Waals surface area contributed by atoms with Crippen molar-refractivity contribution in [3.05, 3.63) is 47.0 Å². The number of rotatable bonds is 2. The second-order valence-corrected chi connectivity index (χ2v) is 3.44. The summed E-state index contributed by atoms with van der Waals surface area (Å²) in [5.74, 6) is 0. The summed E-state index contributed by atoms with van der Waals surface area (Å²) in [6.45, 7) is 2.68. The molecule has 0 spiro atoms. The van der Waals surface area contributed by atoms with Gasteiger partial charge in [-0.2, -0.15) is 5.10 Å². The second-order valence-electron chi connectivity index (χ2n) is 3.08. The number of hydrogen-bond donors (Lipinski definition) is 0. The molecule has 0 unspecified atom stereocenters. The quantitative estimate of drug-likeness (QED) is 0.708. The predicted molar refractivity (Wildman–Crippen MR) is 55.3 cm³/mol.